The van der Waals surface area contributed by atoms with Gasteiger partial charge in [0.15, 0.2) is 0 Å². The molecule has 1 fully saturated rings. The summed E-state index contributed by atoms with van der Waals surface area (Å²) in [4.78, 5) is 26.3. The van der Waals surface area contributed by atoms with Gasteiger partial charge in [-0.3, -0.25) is 9.59 Å². The number of rotatable bonds is 9. The van der Waals surface area contributed by atoms with Gasteiger partial charge in [0, 0.05) is 30.9 Å². The lowest BCUT2D eigenvalue weighted by Crippen LogP contribution is -2.33. The van der Waals surface area contributed by atoms with Crippen LogP contribution < -0.4 is 20.3 Å². The largest absolute Gasteiger partial charge is 0.494 e. The zero-order valence-corrected chi connectivity index (χ0v) is 16.7. The third-order valence-corrected chi connectivity index (χ3v) is 4.88. The molecule has 0 bridgehead atoms. The molecular weight excluding hydrogens is 366 g/mol. The Morgan fingerprint density at radius 1 is 0.897 bits per heavy atom. The van der Waals surface area contributed by atoms with Gasteiger partial charge in [0.2, 0.25) is 11.8 Å². The molecule has 0 atom stereocenters. The number of nitrogens with zero attached hydrogens (tertiary/aromatic N) is 1. The number of piperidine rings is 1. The Balaban J connectivity index is 1.31. The summed E-state index contributed by atoms with van der Waals surface area (Å²) in [6.07, 6.45) is 4.69. The van der Waals surface area contributed by atoms with Crippen molar-refractivity contribution in [3.63, 3.8) is 0 Å². The third kappa shape index (κ3) is 7.14. The molecule has 1 saturated heterocycles. The fourth-order valence-corrected chi connectivity index (χ4v) is 3.32. The summed E-state index contributed by atoms with van der Waals surface area (Å²) in [6, 6.07) is 17.4. The van der Waals surface area contributed by atoms with Crippen molar-refractivity contribution in [2.75, 3.05) is 36.5 Å². The molecule has 2 aromatic carbocycles. The number of hydrogen-bond acceptors (Lipinski definition) is 4. The molecule has 29 heavy (non-hydrogen) atoms. The first-order chi connectivity index (χ1) is 14.2. The van der Waals surface area contributed by atoms with Crippen LogP contribution in [0, 0.1) is 0 Å². The first-order valence-electron chi connectivity index (χ1n) is 10.3. The van der Waals surface area contributed by atoms with Crippen molar-refractivity contribution in [1.82, 2.24) is 5.32 Å². The van der Waals surface area contributed by atoms with E-state index in [1.807, 2.05) is 54.6 Å². The molecule has 0 spiro atoms. The van der Waals surface area contributed by atoms with Gasteiger partial charge in [0.05, 0.1) is 13.2 Å². The smallest absolute Gasteiger partial charge is 0.243 e. The number of carbonyl (C=O) groups excluding carboxylic acids is 2. The van der Waals surface area contributed by atoms with Crippen LogP contribution in [-0.4, -0.2) is 38.1 Å². The Labute approximate surface area is 172 Å². The van der Waals surface area contributed by atoms with Crippen LogP contribution in [0.1, 0.15) is 32.1 Å². The minimum absolute atomic E-state index is 0.0355. The second kappa shape index (κ2) is 11.1. The molecule has 0 radical (unpaired) electrons. The van der Waals surface area contributed by atoms with E-state index in [0.717, 1.165) is 24.5 Å². The quantitative estimate of drug-likeness (QED) is 0.637. The van der Waals surface area contributed by atoms with Crippen LogP contribution in [-0.2, 0) is 9.59 Å². The van der Waals surface area contributed by atoms with E-state index in [4.69, 9.17) is 4.74 Å². The molecule has 6 nitrogen and oxygen atoms in total. The van der Waals surface area contributed by atoms with Gasteiger partial charge in [-0.15, -0.1) is 0 Å². The van der Waals surface area contributed by atoms with Crippen LogP contribution in [0.5, 0.6) is 5.75 Å². The first-order valence-corrected chi connectivity index (χ1v) is 10.3. The van der Waals surface area contributed by atoms with E-state index in [9.17, 15) is 9.59 Å². The minimum atomic E-state index is -0.232. The van der Waals surface area contributed by atoms with Crippen molar-refractivity contribution < 1.29 is 14.3 Å². The molecule has 0 aromatic heterocycles. The van der Waals surface area contributed by atoms with Crippen molar-refractivity contribution in [2.24, 2.45) is 0 Å². The lowest BCUT2D eigenvalue weighted by Gasteiger charge is -2.28. The molecule has 3 rings (SSSR count). The Morgan fingerprint density at radius 2 is 1.62 bits per heavy atom. The average Bonchev–Trinajstić information content (AvgIpc) is 2.77. The Morgan fingerprint density at radius 3 is 2.34 bits per heavy atom. The zero-order chi connectivity index (χ0) is 20.3. The highest BCUT2D eigenvalue weighted by atomic mass is 16.5. The second-order valence-corrected chi connectivity index (χ2v) is 7.18. The molecule has 0 unspecified atom stereocenters. The van der Waals surface area contributed by atoms with Crippen molar-refractivity contribution in [2.45, 2.75) is 32.1 Å². The zero-order valence-electron chi connectivity index (χ0n) is 16.7. The number of benzene rings is 2. The maximum Gasteiger partial charge on any atom is 0.243 e. The molecule has 2 amide bonds. The average molecular weight is 396 g/mol. The highest BCUT2D eigenvalue weighted by molar-refractivity contribution is 5.94. The summed E-state index contributed by atoms with van der Waals surface area (Å²) in [7, 11) is 0. The topological polar surface area (TPSA) is 70.7 Å². The normalized spacial score (nSPS) is 13.6. The Bertz CT molecular complexity index is 772. The standard InChI is InChI=1S/C23H29N3O3/c27-22(10-7-17-29-21-8-3-1-4-9-21)24-18-23(28)25-19-11-13-20(14-12-19)26-15-5-2-6-16-26/h1,3-4,8-9,11-14H,2,5-7,10,15-18H2,(H,24,27)(H,25,28). The Kier molecular flexibility index (Phi) is 7.92. The van der Waals surface area contributed by atoms with Crippen molar-refractivity contribution in [3.8, 4) is 5.75 Å². The number of hydrogen-bond donors (Lipinski definition) is 2. The highest BCUT2D eigenvalue weighted by Crippen LogP contribution is 2.21. The monoisotopic (exact) mass is 395 g/mol. The minimum Gasteiger partial charge on any atom is -0.494 e. The molecule has 2 N–H and O–H groups in total. The van der Waals surface area contributed by atoms with Crippen LogP contribution in [0.3, 0.4) is 0 Å². The van der Waals surface area contributed by atoms with E-state index in [1.54, 1.807) is 0 Å². The number of para-hydroxylation sites is 1. The number of anilines is 2. The van der Waals surface area contributed by atoms with E-state index in [1.165, 1.54) is 24.9 Å². The highest BCUT2D eigenvalue weighted by Gasteiger charge is 2.11. The number of nitrogens with one attached hydrogen (secondary N) is 2. The molecular formula is C23H29N3O3. The van der Waals surface area contributed by atoms with E-state index in [-0.39, 0.29) is 18.4 Å². The number of carbonyl (C=O) groups is 2. The molecule has 1 heterocycles. The van der Waals surface area contributed by atoms with Crippen molar-refractivity contribution in [3.05, 3.63) is 54.6 Å². The molecule has 1 aliphatic rings. The molecule has 154 valence electrons. The fourth-order valence-electron chi connectivity index (χ4n) is 3.32. The molecule has 0 aliphatic carbocycles. The van der Waals surface area contributed by atoms with Gasteiger partial charge in [-0.2, -0.15) is 0 Å². The van der Waals surface area contributed by atoms with E-state index in [0.29, 0.717) is 19.4 Å². The molecule has 0 saturated carbocycles. The van der Waals surface area contributed by atoms with Gasteiger partial charge in [0.1, 0.15) is 5.75 Å². The van der Waals surface area contributed by atoms with Gasteiger partial charge >= 0.3 is 0 Å². The number of ether oxygens (including phenoxy) is 1. The van der Waals surface area contributed by atoms with Gasteiger partial charge < -0.3 is 20.3 Å². The van der Waals surface area contributed by atoms with Crippen LogP contribution >= 0.6 is 0 Å². The summed E-state index contributed by atoms with van der Waals surface area (Å²) >= 11 is 0. The lowest BCUT2D eigenvalue weighted by atomic mass is 10.1. The van der Waals surface area contributed by atoms with Crippen LogP contribution in [0.2, 0.25) is 0 Å². The summed E-state index contributed by atoms with van der Waals surface area (Å²) in [5, 5.41) is 5.47. The van der Waals surface area contributed by atoms with Gasteiger partial charge in [-0.1, -0.05) is 18.2 Å². The van der Waals surface area contributed by atoms with Crippen molar-refractivity contribution in [1.29, 1.82) is 0 Å². The summed E-state index contributed by atoms with van der Waals surface area (Å²) in [5.41, 5.74) is 1.93. The van der Waals surface area contributed by atoms with Gasteiger partial charge in [-0.25, -0.2) is 0 Å². The van der Waals surface area contributed by atoms with E-state index in [2.05, 4.69) is 15.5 Å². The van der Waals surface area contributed by atoms with Gasteiger partial charge in [0.25, 0.3) is 0 Å². The summed E-state index contributed by atoms with van der Waals surface area (Å²) in [5.74, 6) is 0.403. The molecule has 1 aliphatic heterocycles. The van der Waals surface area contributed by atoms with Gasteiger partial charge in [-0.05, 0) is 62.1 Å². The van der Waals surface area contributed by atoms with E-state index >= 15 is 0 Å². The first kappa shape index (κ1) is 20.7. The number of amides is 2. The second-order valence-electron chi connectivity index (χ2n) is 7.18. The van der Waals surface area contributed by atoms with E-state index < -0.39 is 0 Å². The fraction of sp³-hybridized carbons (Fsp3) is 0.391. The summed E-state index contributed by atoms with van der Waals surface area (Å²) < 4.78 is 5.55. The third-order valence-electron chi connectivity index (χ3n) is 4.88. The van der Waals surface area contributed by atoms with Crippen molar-refractivity contribution >= 4 is 23.2 Å². The lowest BCUT2D eigenvalue weighted by molar-refractivity contribution is -0.124. The SMILES string of the molecule is O=C(CCCOc1ccccc1)NCC(=O)Nc1ccc(N2CCCCC2)cc1. The van der Waals surface area contributed by atoms with Crippen LogP contribution in [0.15, 0.2) is 54.6 Å². The van der Waals surface area contributed by atoms with Crippen LogP contribution in [0.4, 0.5) is 11.4 Å². The van der Waals surface area contributed by atoms with Crippen LogP contribution in [0.25, 0.3) is 0 Å². The maximum absolute atomic E-state index is 12.1. The molecule has 2 aromatic rings. The predicted molar refractivity (Wildman–Crippen MR) is 115 cm³/mol. The predicted octanol–water partition coefficient (Wildman–Crippen LogP) is 3.59. The Hall–Kier alpha value is -3.02. The maximum atomic E-state index is 12.1. The summed E-state index contributed by atoms with van der Waals surface area (Å²) in [6.45, 7) is 2.61. The molecule has 6 heteroatoms.